The molecule has 3 aromatic rings. The van der Waals surface area contributed by atoms with Gasteiger partial charge in [-0.25, -0.2) is 0 Å². The van der Waals surface area contributed by atoms with Crippen LogP contribution in [0.4, 0.5) is 4.39 Å². The highest BCUT2D eigenvalue weighted by molar-refractivity contribution is 7.38. The minimum absolute atomic E-state index is 0.0301. The number of aromatic nitrogens is 1. The summed E-state index contributed by atoms with van der Waals surface area (Å²) in [5, 5.41) is 3.44. The lowest BCUT2D eigenvalue weighted by Crippen LogP contribution is -2.59. The molecule has 42 heavy (non-hydrogen) atoms. The van der Waals surface area contributed by atoms with Gasteiger partial charge >= 0.3 is 13.9 Å². The minimum Gasteiger partial charge on any atom is -0.340 e. The zero-order valence-electron chi connectivity index (χ0n) is 22.9. The summed E-state index contributed by atoms with van der Waals surface area (Å²) in [4.78, 5) is 65.9. The Morgan fingerprint density at radius 2 is 1.90 bits per heavy atom. The first-order chi connectivity index (χ1) is 20.1. The van der Waals surface area contributed by atoms with Gasteiger partial charge in [0.15, 0.2) is 0 Å². The second-order valence-corrected chi connectivity index (χ2v) is 13.5. The lowest BCUT2D eigenvalue weighted by Gasteiger charge is -2.42. The molecule has 0 bridgehead atoms. The molecule has 1 aromatic carbocycles. The molecular formula is C29H31FN4O6PS+. The van der Waals surface area contributed by atoms with E-state index in [1.165, 1.54) is 28.0 Å². The first kappa shape index (κ1) is 28.6. The maximum atomic E-state index is 14.0. The van der Waals surface area contributed by atoms with Crippen molar-refractivity contribution in [2.24, 2.45) is 7.05 Å². The molecular weight excluding hydrogens is 582 g/mol. The SMILES string of the molecule is Cn1cccc(C2CN(C(=O)[C@@H]3CC[C@@H]4CCC[C@H](NC(=O)c5cc6cc(C(F)[P+](=O)O)ccc6s5)C(=O)N43)C2)c1=O. The molecule has 0 saturated carbocycles. The molecule has 3 aliphatic heterocycles. The van der Waals surface area contributed by atoms with Gasteiger partial charge in [-0.1, -0.05) is 12.1 Å². The van der Waals surface area contributed by atoms with Crippen LogP contribution in [-0.4, -0.2) is 68.2 Å². The van der Waals surface area contributed by atoms with Crippen molar-refractivity contribution in [3.05, 3.63) is 69.0 Å². The topological polar surface area (TPSA) is 129 Å². The first-order valence-electron chi connectivity index (χ1n) is 14.0. The maximum Gasteiger partial charge on any atom is 0.547 e. The summed E-state index contributed by atoms with van der Waals surface area (Å²) in [5.74, 6) is -2.85. The average Bonchev–Trinajstić information content (AvgIpc) is 3.53. The Balaban J connectivity index is 1.14. The molecule has 6 rings (SSSR count). The van der Waals surface area contributed by atoms with Crippen LogP contribution in [0.25, 0.3) is 10.1 Å². The van der Waals surface area contributed by atoms with Gasteiger partial charge in [0.2, 0.25) is 11.8 Å². The number of carbonyl (C=O) groups excluding carboxylic acids is 3. The standard InChI is InChI=1S/C29H30FN4O6PS/c1-32-11-3-5-20(27(32)36)18-14-33(15-18)29(38)22-9-8-19-4-2-6-21(28(37)34(19)22)31-26(35)24-13-17-12-16(25(30)41(39)40)7-10-23(17)42-24/h3,5,7,10-13,18-19,21-22,25H,2,4,6,8-9,14-15H2,1H3,(H-,31,35,39,40)/p+1/t19-,21-,22-,25?/m0/s1. The fourth-order valence-electron chi connectivity index (χ4n) is 6.41. The third-order valence-corrected chi connectivity index (χ3v) is 10.5. The van der Waals surface area contributed by atoms with Crippen LogP contribution < -0.4 is 10.9 Å². The van der Waals surface area contributed by atoms with Crippen LogP contribution >= 0.6 is 19.4 Å². The fraction of sp³-hybridized carbons (Fsp3) is 0.448. The molecule has 3 fully saturated rings. The predicted octanol–water partition coefficient (Wildman–Crippen LogP) is 3.57. The van der Waals surface area contributed by atoms with E-state index in [1.807, 2.05) is 6.07 Å². The normalized spacial score (nSPS) is 23.7. The molecule has 2 aromatic heterocycles. The van der Waals surface area contributed by atoms with Crippen molar-refractivity contribution in [2.45, 2.75) is 62.1 Å². The molecule has 13 heteroatoms. The highest BCUT2D eigenvalue weighted by atomic mass is 32.1. The third kappa shape index (κ3) is 5.16. The number of fused-ring (bicyclic) bond motifs is 2. The maximum absolute atomic E-state index is 14.0. The van der Waals surface area contributed by atoms with E-state index in [9.17, 15) is 28.1 Å². The van der Waals surface area contributed by atoms with Crippen LogP contribution in [0.1, 0.15) is 64.7 Å². The number of nitrogens with zero attached hydrogens (tertiary/aromatic N) is 3. The van der Waals surface area contributed by atoms with Gasteiger partial charge in [-0.3, -0.25) is 19.2 Å². The molecule has 220 valence electrons. The molecule has 2 unspecified atom stereocenters. The van der Waals surface area contributed by atoms with E-state index in [0.717, 1.165) is 19.3 Å². The molecule has 0 spiro atoms. The highest BCUT2D eigenvalue weighted by Gasteiger charge is 2.47. The van der Waals surface area contributed by atoms with E-state index >= 15 is 0 Å². The quantitative estimate of drug-likeness (QED) is 0.409. The second kappa shape index (κ2) is 11.3. The Hall–Kier alpha value is -3.47. The van der Waals surface area contributed by atoms with Crippen molar-refractivity contribution in [3.8, 4) is 0 Å². The van der Waals surface area contributed by atoms with Crippen molar-refractivity contribution >= 4 is 47.2 Å². The zero-order chi connectivity index (χ0) is 29.7. The molecule has 5 heterocycles. The van der Waals surface area contributed by atoms with Crippen molar-refractivity contribution in [3.63, 3.8) is 0 Å². The average molecular weight is 614 g/mol. The molecule has 3 amide bonds. The number of alkyl halides is 1. The fourth-order valence-corrected chi connectivity index (χ4v) is 7.77. The minimum atomic E-state index is -3.02. The predicted molar refractivity (Wildman–Crippen MR) is 155 cm³/mol. The number of hydrogen-bond donors (Lipinski definition) is 2. The Kier molecular flexibility index (Phi) is 7.72. The Labute approximate surface area is 246 Å². The number of benzene rings is 1. The van der Waals surface area contributed by atoms with Crippen molar-refractivity contribution in [1.29, 1.82) is 0 Å². The smallest absolute Gasteiger partial charge is 0.340 e. The summed E-state index contributed by atoms with van der Waals surface area (Å²) in [6, 6.07) is 8.28. The van der Waals surface area contributed by atoms with E-state index in [4.69, 9.17) is 4.89 Å². The van der Waals surface area contributed by atoms with E-state index in [-0.39, 0.29) is 34.9 Å². The summed E-state index contributed by atoms with van der Waals surface area (Å²) in [5.41, 5.74) is 0.683. The zero-order valence-corrected chi connectivity index (χ0v) is 24.7. The van der Waals surface area contributed by atoms with E-state index in [1.54, 1.807) is 41.2 Å². The Morgan fingerprint density at radius 1 is 1.12 bits per heavy atom. The number of carbonyl (C=O) groups is 3. The van der Waals surface area contributed by atoms with Crippen LogP contribution in [0.5, 0.6) is 0 Å². The number of thiophene rings is 1. The number of rotatable bonds is 6. The van der Waals surface area contributed by atoms with Crippen molar-refractivity contribution in [1.82, 2.24) is 19.7 Å². The van der Waals surface area contributed by atoms with Crippen LogP contribution in [0, 0.1) is 0 Å². The lowest BCUT2D eigenvalue weighted by atomic mass is 9.91. The van der Waals surface area contributed by atoms with E-state index < -0.39 is 31.9 Å². The van der Waals surface area contributed by atoms with Gasteiger partial charge in [0.05, 0.1) is 4.88 Å². The van der Waals surface area contributed by atoms with Gasteiger partial charge in [0.25, 0.3) is 11.5 Å². The monoisotopic (exact) mass is 613 g/mol. The van der Waals surface area contributed by atoms with Gasteiger partial charge in [-0.05, 0) is 66.3 Å². The molecule has 3 aliphatic rings. The van der Waals surface area contributed by atoms with Gasteiger partial charge < -0.3 is 19.7 Å². The number of pyridine rings is 1. The van der Waals surface area contributed by atoms with Crippen molar-refractivity contribution < 1.29 is 28.2 Å². The van der Waals surface area contributed by atoms with E-state index in [0.29, 0.717) is 46.5 Å². The first-order valence-corrected chi connectivity index (χ1v) is 16.1. The third-order valence-electron chi connectivity index (χ3n) is 8.69. The van der Waals surface area contributed by atoms with Crippen LogP contribution in [-0.2, 0) is 21.2 Å². The number of hydrogen-bond acceptors (Lipinski definition) is 6. The van der Waals surface area contributed by atoms with Crippen LogP contribution in [0.3, 0.4) is 0 Å². The second-order valence-electron chi connectivity index (χ2n) is 11.3. The van der Waals surface area contributed by atoms with Gasteiger partial charge in [0, 0.05) is 54.1 Å². The molecule has 0 radical (unpaired) electrons. The van der Waals surface area contributed by atoms with Gasteiger partial charge in [-0.2, -0.15) is 9.28 Å². The summed E-state index contributed by atoms with van der Waals surface area (Å²) >= 11 is 1.19. The summed E-state index contributed by atoms with van der Waals surface area (Å²) in [7, 11) is -1.32. The van der Waals surface area contributed by atoms with Crippen LogP contribution in [0.2, 0.25) is 0 Å². The molecule has 2 N–H and O–H groups in total. The lowest BCUT2D eigenvalue weighted by molar-refractivity contribution is -0.148. The number of nitrogens with one attached hydrogen (secondary N) is 1. The molecule has 0 aliphatic carbocycles. The highest BCUT2D eigenvalue weighted by Crippen LogP contribution is 2.40. The summed E-state index contributed by atoms with van der Waals surface area (Å²) in [6.45, 7) is 0.875. The van der Waals surface area contributed by atoms with Crippen LogP contribution in [0.15, 0.2) is 47.4 Å². The summed E-state index contributed by atoms with van der Waals surface area (Å²) in [6.07, 6.45) is 4.95. The van der Waals surface area contributed by atoms with Gasteiger partial charge in [-0.15, -0.1) is 11.3 Å². The number of aryl methyl sites for hydroxylation is 1. The molecule has 3 saturated heterocycles. The number of likely N-dealkylation sites (tertiary alicyclic amines) is 1. The largest absolute Gasteiger partial charge is 0.547 e. The Morgan fingerprint density at radius 3 is 2.67 bits per heavy atom. The van der Waals surface area contributed by atoms with E-state index in [2.05, 4.69) is 5.32 Å². The molecule has 5 atom stereocenters. The van der Waals surface area contributed by atoms with Gasteiger partial charge in [0.1, 0.15) is 12.1 Å². The number of amides is 3. The molecule has 10 nitrogen and oxygen atoms in total. The summed E-state index contributed by atoms with van der Waals surface area (Å²) < 4.78 is 27.5. The Bertz CT molecular complexity index is 1650. The van der Waals surface area contributed by atoms with Crippen molar-refractivity contribution in [2.75, 3.05) is 13.1 Å². The number of halogens is 1.